The number of rotatable bonds is 9. The summed E-state index contributed by atoms with van der Waals surface area (Å²) in [6.07, 6.45) is 6.20. The van der Waals surface area contributed by atoms with E-state index in [-0.39, 0.29) is 16.8 Å². The van der Waals surface area contributed by atoms with Crippen LogP contribution in [-0.4, -0.2) is 51.2 Å². The second-order valence-corrected chi connectivity index (χ2v) is 7.00. The number of carbonyl (C=O) groups excluding carboxylic acids is 1. The fourth-order valence-electron chi connectivity index (χ4n) is 2.41. The molecule has 0 aliphatic carbocycles. The Bertz CT molecular complexity index is 1040. The molecule has 3 aromatic rings. The van der Waals surface area contributed by atoms with E-state index in [0.29, 0.717) is 17.4 Å². The highest BCUT2D eigenvalue weighted by Gasteiger charge is 2.10. The van der Waals surface area contributed by atoms with E-state index < -0.39 is 0 Å². The van der Waals surface area contributed by atoms with Crippen LogP contribution in [0.25, 0.3) is 0 Å². The summed E-state index contributed by atoms with van der Waals surface area (Å²) < 4.78 is 7.62. The van der Waals surface area contributed by atoms with Crippen LogP contribution in [0.15, 0.2) is 55.5 Å². The Kier molecular flexibility index (Phi) is 6.99. The quantitative estimate of drug-likeness (QED) is 0.504. The van der Waals surface area contributed by atoms with Crippen LogP contribution in [0.4, 0.5) is 17.3 Å². The first-order valence-electron chi connectivity index (χ1n) is 9.11. The largest absolute Gasteiger partial charge is 0.437 e. The lowest BCUT2D eigenvalue weighted by Gasteiger charge is -2.10. The molecule has 0 saturated heterocycles. The van der Waals surface area contributed by atoms with Crippen molar-refractivity contribution in [3.8, 4) is 11.6 Å². The summed E-state index contributed by atoms with van der Waals surface area (Å²) in [4.78, 5) is 22.1. The van der Waals surface area contributed by atoms with Crippen molar-refractivity contribution >= 4 is 34.8 Å². The normalized spacial score (nSPS) is 10.7. The molecule has 2 heterocycles. The molecule has 0 unspecified atom stereocenters. The third-order valence-electron chi connectivity index (χ3n) is 3.88. The number of nitrogens with zero attached hydrogens (tertiary/aromatic N) is 5. The maximum absolute atomic E-state index is 11.5. The first kappa shape index (κ1) is 21.3. The van der Waals surface area contributed by atoms with Crippen molar-refractivity contribution in [2.45, 2.75) is 6.54 Å². The maximum Gasteiger partial charge on any atom is 0.247 e. The van der Waals surface area contributed by atoms with Gasteiger partial charge in [-0.2, -0.15) is 10.1 Å². The van der Waals surface area contributed by atoms with Crippen LogP contribution >= 0.6 is 11.6 Å². The fourth-order valence-corrected chi connectivity index (χ4v) is 2.54. The Morgan fingerprint density at radius 2 is 2.17 bits per heavy atom. The number of hydrogen-bond acceptors (Lipinski definition) is 7. The molecule has 9 nitrogen and oxygen atoms in total. The summed E-state index contributed by atoms with van der Waals surface area (Å²) in [5, 5.41) is 10.3. The van der Waals surface area contributed by atoms with Gasteiger partial charge in [-0.25, -0.2) is 4.98 Å². The first-order chi connectivity index (χ1) is 14.4. The molecule has 0 aliphatic heterocycles. The number of nitrogens with one attached hydrogen (secondary N) is 2. The molecule has 1 aromatic carbocycles. The van der Waals surface area contributed by atoms with Gasteiger partial charge in [-0.05, 0) is 32.3 Å². The summed E-state index contributed by atoms with van der Waals surface area (Å²) in [7, 11) is 4.02. The van der Waals surface area contributed by atoms with E-state index in [9.17, 15) is 4.79 Å². The number of aromatic nitrogens is 4. The number of benzene rings is 1. The molecule has 1 amide bonds. The third-order valence-corrected chi connectivity index (χ3v) is 4.14. The molecule has 0 fully saturated rings. The van der Waals surface area contributed by atoms with E-state index in [2.05, 4.69) is 37.2 Å². The molecule has 2 aromatic heterocycles. The van der Waals surface area contributed by atoms with Gasteiger partial charge in [0.25, 0.3) is 0 Å². The van der Waals surface area contributed by atoms with Gasteiger partial charge in [0.1, 0.15) is 10.8 Å². The average Bonchev–Trinajstić information content (AvgIpc) is 3.16. The maximum atomic E-state index is 11.5. The minimum Gasteiger partial charge on any atom is -0.437 e. The van der Waals surface area contributed by atoms with Gasteiger partial charge < -0.3 is 20.3 Å². The number of likely N-dealkylation sites (N-methyl/N-ethyl adjacent to an activating group) is 1. The molecule has 2 N–H and O–H groups in total. The molecule has 0 aliphatic rings. The minimum atomic E-state index is -0.315. The van der Waals surface area contributed by atoms with E-state index >= 15 is 0 Å². The van der Waals surface area contributed by atoms with Crippen molar-refractivity contribution < 1.29 is 9.53 Å². The van der Waals surface area contributed by atoms with Crippen LogP contribution < -0.4 is 15.4 Å². The van der Waals surface area contributed by atoms with Gasteiger partial charge in [-0.15, -0.1) is 0 Å². The summed E-state index contributed by atoms with van der Waals surface area (Å²) >= 11 is 6.19. The van der Waals surface area contributed by atoms with Crippen LogP contribution in [0.2, 0.25) is 5.02 Å². The van der Waals surface area contributed by atoms with Gasteiger partial charge in [0.15, 0.2) is 0 Å². The van der Waals surface area contributed by atoms with Crippen LogP contribution in [0, 0.1) is 0 Å². The molecular weight excluding hydrogens is 406 g/mol. The van der Waals surface area contributed by atoms with Gasteiger partial charge in [0.2, 0.25) is 17.7 Å². The Morgan fingerprint density at radius 3 is 2.93 bits per heavy atom. The second-order valence-electron chi connectivity index (χ2n) is 6.59. The van der Waals surface area contributed by atoms with E-state index in [1.54, 1.807) is 30.5 Å². The molecule has 0 spiro atoms. The topological polar surface area (TPSA) is 97.2 Å². The van der Waals surface area contributed by atoms with E-state index in [0.717, 1.165) is 18.8 Å². The van der Waals surface area contributed by atoms with Gasteiger partial charge in [-0.3, -0.25) is 9.48 Å². The van der Waals surface area contributed by atoms with Gasteiger partial charge in [-0.1, -0.05) is 24.2 Å². The van der Waals surface area contributed by atoms with Crippen molar-refractivity contribution in [3.05, 3.63) is 60.5 Å². The van der Waals surface area contributed by atoms with Crippen molar-refractivity contribution in [1.82, 2.24) is 24.6 Å². The number of halogens is 1. The zero-order chi connectivity index (χ0) is 21.5. The summed E-state index contributed by atoms with van der Waals surface area (Å²) in [6, 6.07) is 6.85. The minimum absolute atomic E-state index is 0.182. The highest BCUT2D eigenvalue weighted by Crippen LogP contribution is 2.29. The van der Waals surface area contributed by atoms with Crippen LogP contribution in [-0.2, 0) is 11.3 Å². The molecule has 0 saturated carbocycles. The summed E-state index contributed by atoms with van der Waals surface area (Å²) in [6.45, 7) is 5.07. The monoisotopic (exact) mass is 427 g/mol. The second kappa shape index (κ2) is 9.86. The van der Waals surface area contributed by atoms with E-state index in [4.69, 9.17) is 16.3 Å². The molecule has 156 valence electrons. The molecular formula is C20H22ClN7O2. The highest BCUT2D eigenvalue weighted by atomic mass is 35.5. The number of ether oxygens (including phenoxy) is 1. The van der Waals surface area contributed by atoms with Crippen molar-refractivity contribution in [3.63, 3.8) is 0 Å². The van der Waals surface area contributed by atoms with E-state index in [1.165, 1.54) is 12.3 Å². The zero-order valence-corrected chi connectivity index (χ0v) is 17.4. The van der Waals surface area contributed by atoms with Crippen molar-refractivity contribution in [1.29, 1.82) is 0 Å². The van der Waals surface area contributed by atoms with Gasteiger partial charge in [0, 0.05) is 24.5 Å². The van der Waals surface area contributed by atoms with Crippen LogP contribution in [0.1, 0.15) is 0 Å². The zero-order valence-electron chi connectivity index (χ0n) is 16.7. The number of hydrogen-bond donors (Lipinski definition) is 2. The Balaban J connectivity index is 1.70. The average molecular weight is 428 g/mol. The Hall–Kier alpha value is -3.43. The Morgan fingerprint density at radius 1 is 1.33 bits per heavy atom. The number of amides is 1. The van der Waals surface area contributed by atoms with Crippen molar-refractivity contribution in [2.24, 2.45) is 0 Å². The molecule has 0 atom stereocenters. The number of anilines is 3. The molecule has 3 rings (SSSR count). The van der Waals surface area contributed by atoms with E-state index in [1.807, 2.05) is 25.0 Å². The van der Waals surface area contributed by atoms with Crippen LogP contribution in [0.5, 0.6) is 11.6 Å². The predicted molar refractivity (Wildman–Crippen MR) is 116 cm³/mol. The van der Waals surface area contributed by atoms with Crippen molar-refractivity contribution in [2.75, 3.05) is 31.3 Å². The van der Waals surface area contributed by atoms with Gasteiger partial charge >= 0.3 is 0 Å². The third kappa shape index (κ3) is 6.03. The molecule has 10 heteroatoms. The summed E-state index contributed by atoms with van der Waals surface area (Å²) in [5.41, 5.74) is 1.31. The smallest absolute Gasteiger partial charge is 0.247 e. The SMILES string of the molecule is C=CC(=O)Nc1cccc(Oc2nc(Nc3cnn(CCN(C)C)c3)ncc2Cl)c1. The lowest BCUT2D eigenvalue weighted by atomic mass is 10.3. The lowest BCUT2D eigenvalue weighted by molar-refractivity contribution is -0.111. The predicted octanol–water partition coefficient (Wildman–Crippen LogP) is 3.55. The first-order valence-corrected chi connectivity index (χ1v) is 9.49. The fraction of sp³-hybridized carbons (Fsp3) is 0.200. The van der Waals surface area contributed by atoms with Gasteiger partial charge in [0.05, 0.1) is 24.6 Å². The van der Waals surface area contributed by atoms with Crippen LogP contribution in [0.3, 0.4) is 0 Å². The molecule has 30 heavy (non-hydrogen) atoms. The number of carbonyl (C=O) groups is 1. The summed E-state index contributed by atoms with van der Waals surface area (Å²) in [5.74, 6) is 0.642. The Labute approximate surface area is 179 Å². The molecule has 0 bridgehead atoms. The highest BCUT2D eigenvalue weighted by molar-refractivity contribution is 6.31. The molecule has 0 radical (unpaired) electrons. The lowest BCUT2D eigenvalue weighted by Crippen LogP contribution is -2.18. The standard InChI is InChI=1S/C20H22ClN7O2/c1-4-18(29)24-14-6-5-7-16(10-14)30-19-17(21)12-22-20(26-19)25-15-11-23-28(13-15)9-8-27(2)3/h4-7,10-13H,1,8-9H2,2-3H3,(H,24,29)(H,22,25,26).